The highest BCUT2D eigenvalue weighted by molar-refractivity contribution is 7.80. The number of thiocarbonyl (C=S) groups is 1. The Balaban J connectivity index is 1.88. The average Bonchev–Trinajstić information content (AvgIpc) is 2.62. The molecule has 2 N–H and O–H groups in total. The van der Waals surface area contributed by atoms with Crippen molar-refractivity contribution in [3.05, 3.63) is 59.7 Å². The zero-order valence-corrected chi connectivity index (χ0v) is 15.7. The van der Waals surface area contributed by atoms with Gasteiger partial charge in [-0.25, -0.2) is 0 Å². The topological polar surface area (TPSA) is 67.4 Å². The summed E-state index contributed by atoms with van der Waals surface area (Å²) < 4.78 is 5.57. The predicted octanol–water partition coefficient (Wildman–Crippen LogP) is 4.19. The molecule has 0 atom stereocenters. The molecule has 0 fully saturated rings. The normalized spacial score (nSPS) is 10.1. The largest absolute Gasteiger partial charge is 0.494 e. The summed E-state index contributed by atoms with van der Waals surface area (Å²) in [5.74, 6) is 0.429. The van der Waals surface area contributed by atoms with Crippen LogP contribution in [0.5, 0.6) is 5.75 Å². The third-order valence-corrected chi connectivity index (χ3v) is 3.86. The number of Topliss-reactive ketones (excluding diaryl/α,β-unsaturated/α-hetero) is 1. The van der Waals surface area contributed by atoms with Gasteiger partial charge in [0.05, 0.1) is 6.61 Å². The molecule has 2 aromatic carbocycles. The highest BCUT2D eigenvalue weighted by Gasteiger charge is 2.08. The van der Waals surface area contributed by atoms with Crippen LogP contribution in [0.25, 0.3) is 0 Å². The fraction of sp³-hybridized carbons (Fsp3) is 0.250. The summed E-state index contributed by atoms with van der Waals surface area (Å²) in [4.78, 5) is 23.5. The molecule has 0 aliphatic heterocycles. The Morgan fingerprint density at radius 3 is 2.19 bits per heavy atom. The van der Waals surface area contributed by atoms with Gasteiger partial charge >= 0.3 is 0 Å². The highest BCUT2D eigenvalue weighted by Crippen LogP contribution is 2.13. The summed E-state index contributed by atoms with van der Waals surface area (Å²) in [5, 5.41) is 5.73. The van der Waals surface area contributed by atoms with Crippen LogP contribution in [0.3, 0.4) is 0 Å². The molecule has 2 rings (SSSR count). The first kappa shape index (κ1) is 19.6. The molecule has 6 heteroatoms. The van der Waals surface area contributed by atoms with Gasteiger partial charge in [0.1, 0.15) is 5.75 Å². The van der Waals surface area contributed by atoms with Crippen molar-refractivity contribution < 1.29 is 14.3 Å². The number of hydrogen-bond acceptors (Lipinski definition) is 4. The highest BCUT2D eigenvalue weighted by atomic mass is 32.1. The van der Waals surface area contributed by atoms with Crippen molar-refractivity contribution in [1.29, 1.82) is 0 Å². The van der Waals surface area contributed by atoms with Crippen molar-refractivity contribution in [3.8, 4) is 5.75 Å². The van der Waals surface area contributed by atoms with Gasteiger partial charge in [0.2, 0.25) is 0 Å². The molecule has 136 valence electrons. The van der Waals surface area contributed by atoms with Gasteiger partial charge in [0.25, 0.3) is 5.91 Å². The molecule has 0 bridgehead atoms. The number of carbonyl (C=O) groups excluding carboxylic acids is 2. The van der Waals surface area contributed by atoms with Gasteiger partial charge in [0.15, 0.2) is 10.9 Å². The zero-order valence-electron chi connectivity index (χ0n) is 14.9. The lowest BCUT2D eigenvalue weighted by Gasteiger charge is -2.10. The molecular formula is C20H22N2O3S. The lowest BCUT2D eigenvalue weighted by molar-refractivity contribution is 0.0976. The molecule has 0 aliphatic carbocycles. The Kier molecular flexibility index (Phi) is 7.29. The second kappa shape index (κ2) is 9.68. The molecule has 0 saturated carbocycles. The van der Waals surface area contributed by atoms with E-state index in [9.17, 15) is 9.59 Å². The Morgan fingerprint density at radius 2 is 1.62 bits per heavy atom. The molecule has 0 heterocycles. The monoisotopic (exact) mass is 370 g/mol. The second-order valence-electron chi connectivity index (χ2n) is 5.77. The van der Waals surface area contributed by atoms with Crippen molar-refractivity contribution in [1.82, 2.24) is 5.32 Å². The summed E-state index contributed by atoms with van der Waals surface area (Å²) in [5.41, 5.74) is 1.80. The van der Waals surface area contributed by atoms with Gasteiger partial charge in [-0.2, -0.15) is 0 Å². The van der Waals surface area contributed by atoms with Crippen LogP contribution in [-0.4, -0.2) is 23.4 Å². The average molecular weight is 370 g/mol. The number of carbonyl (C=O) groups is 2. The van der Waals surface area contributed by atoms with Crippen LogP contribution in [-0.2, 0) is 0 Å². The summed E-state index contributed by atoms with van der Waals surface area (Å²) in [6.45, 7) is 4.28. The maximum absolute atomic E-state index is 12.2. The number of anilines is 1. The molecule has 0 saturated heterocycles. The van der Waals surface area contributed by atoms with Gasteiger partial charge in [-0.3, -0.25) is 14.9 Å². The molecule has 26 heavy (non-hydrogen) atoms. The number of amides is 1. The van der Waals surface area contributed by atoms with Gasteiger partial charge in [0, 0.05) is 16.8 Å². The van der Waals surface area contributed by atoms with Gasteiger partial charge < -0.3 is 10.1 Å². The number of ketones is 1. The second-order valence-corrected chi connectivity index (χ2v) is 6.18. The number of unbranched alkanes of at least 4 members (excludes halogenated alkanes) is 1. The molecule has 0 aromatic heterocycles. The number of nitrogens with one attached hydrogen (secondary N) is 2. The zero-order chi connectivity index (χ0) is 18.9. The molecule has 0 aliphatic rings. The van der Waals surface area contributed by atoms with E-state index in [1.165, 1.54) is 6.92 Å². The van der Waals surface area contributed by atoms with E-state index in [0.29, 0.717) is 23.4 Å². The first-order valence-electron chi connectivity index (χ1n) is 8.46. The van der Waals surface area contributed by atoms with Crippen LogP contribution < -0.4 is 15.4 Å². The molecule has 5 nitrogen and oxygen atoms in total. The van der Waals surface area contributed by atoms with Crippen LogP contribution in [0, 0.1) is 0 Å². The van der Waals surface area contributed by atoms with E-state index >= 15 is 0 Å². The van der Waals surface area contributed by atoms with E-state index < -0.39 is 0 Å². The van der Waals surface area contributed by atoms with Crippen molar-refractivity contribution in [2.75, 3.05) is 11.9 Å². The number of hydrogen-bond donors (Lipinski definition) is 2. The third kappa shape index (κ3) is 5.97. The van der Waals surface area contributed by atoms with Crippen molar-refractivity contribution in [2.45, 2.75) is 26.7 Å². The first-order chi connectivity index (χ1) is 12.5. The minimum atomic E-state index is -0.303. The first-order valence-corrected chi connectivity index (χ1v) is 8.86. The fourth-order valence-electron chi connectivity index (χ4n) is 2.16. The summed E-state index contributed by atoms with van der Waals surface area (Å²) in [6, 6.07) is 13.8. The molecule has 0 radical (unpaired) electrons. The van der Waals surface area contributed by atoms with Crippen molar-refractivity contribution in [2.24, 2.45) is 0 Å². The fourth-order valence-corrected chi connectivity index (χ4v) is 2.37. The minimum absolute atomic E-state index is 0.00505. The lowest BCUT2D eigenvalue weighted by Crippen LogP contribution is -2.34. The van der Waals surface area contributed by atoms with Crippen LogP contribution in [0.1, 0.15) is 47.4 Å². The van der Waals surface area contributed by atoms with Crippen LogP contribution >= 0.6 is 12.2 Å². The van der Waals surface area contributed by atoms with Crippen LogP contribution in [0.4, 0.5) is 5.69 Å². The smallest absolute Gasteiger partial charge is 0.257 e. The minimum Gasteiger partial charge on any atom is -0.494 e. The maximum atomic E-state index is 12.2. The van der Waals surface area contributed by atoms with E-state index in [2.05, 4.69) is 17.6 Å². The standard InChI is InChI=1S/C20H22N2O3S/c1-3-4-13-25-18-11-7-16(8-12-18)19(24)22-20(26)21-17-9-5-15(6-10-17)14(2)23/h5-12H,3-4,13H2,1-2H3,(H2,21,22,24,26). The Morgan fingerprint density at radius 1 is 1.00 bits per heavy atom. The van der Waals surface area contributed by atoms with E-state index in [1.54, 1.807) is 48.5 Å². The number of benzene rings is 2. The number of rotatable bonds is 7. The maximum Gasteiger partial charge on any atom is 0.257 e. The molecular weight excluding hydrogens is 348 g/mol. The summed E-state index contributed by atoms with van der Waals surface area (Å²) in [7, 11) is 0. The molecule has 2 aromatic rings. The molecule has 0 spiro atoms. The van der Waals surface area contributed by atoms with E-state index in [1.807, 2.05) is 0 Å². The van der Waals surface area contributed by atoms with Crippen LogP contribution in [0.15, 0.2) is 48.5 Å². The van der Waals surface area contributed by atoms with Crippen molar-refractivity contribution in [3.63, 3.8) is 0 Å². The van der Waals surface area contributed by atoms with E-state index in [0.717, 1.165) is 18.6 Å². The summed E-state index contributed by atoms with van der Waals surface area (Å²) in [6.07, 6.45) is 2.07. The van der Waals surface area contributed by atoms with Gasteiger partial charge in [-0.15, -0.1) is 0 Å². The SMILES string of the molecule is CCCCOc1ccc(C(=O)NC(=S)Nc2ccc(C(C)=O)cc2)cc1. The van der Waals surface area contributed by atoms with Crippen LogP contribution in [0.2, 0.25) is 0 Å². The predicted molar refractivity (Wildman–Crippen MR) is 107 cm³/mol. The van der Waals surface area contributed by atoms with Gasteiger partial charge in [-0.05, 0) is 74.1 Å². The Labute approximate surface area is 158 Å². The Bertz CT molecular complexity index is 771. The lowest BCUT2D eigenvalue weighted by atomic mass is 10.1. The van der Waals surface area contributed by atoms with E-state index in [4.69, 9.17) is 17.0 Å². The quantitative estimate of drug-likeness (QED) is 0.434. The number of ether oxygens (including phenoxy) is 1. The molecule has 1 amide bonds. The van der Waals surface area contributed by atoms with Crippen molar-refractivity contribution >= 4 is 34.7 Å². The van der Waals surface area contributed by atoms with Gasteiger partial charge in [-0.1, -0.05) is 13.3 Å². The third-order valence-electron chi connectivity index (χ3n) is 3.66. The Hall–Kier alpha value is -2.73. The molecule has 0 unspecified atom stereocenters. The summed E-state index contributed by atoms with van der Waals surface area (Å²) >= 11 is 5.16. The van der Waals surface area contributed by atoms with E-state index in [-0.39, 0.29) is 16.8 Å².